The van der Waals surface area contributed by atoms with Gasteiger partial charge in [0.15, 0.2) is 0 Å². The zero-order chi connectivity index (χ0) is 13.5. The Bertz CT molecular complexity index is 278. The van der Waals surface area contributed by atoms with Gasteiger partial charge in [-0.1, -0.05) is 0 Å². The van der Waals surface area contributed by atoms with E-state index in [1.807, 2.05) is 4.90 Å². The highest BCUT2D eigenvalue weighted by atomic mass is 35.5. The fourth-order valence-electron chi connectivity index (χ4n) is 3.02. The second-order valence-electron chi connectivity index (χ2n) is 5.68. The summed E-state index contributed by atoms with van der Waals surface area (Å²) in [6.07, 6.45) is 4.21. The molecule has 0 aliphatic carbocycles. The van der Waals surface area contributed by atoms with Gasteiger partial charge in [-0.05, 0) is 38.3 Å². The Morgan fingerprint density at radius 3 is 2.40 bits per heavy atom. The van der Waals surface area contributed by atoms with Crippen molar-refractivity contribution in [3.8, 4) is 0 Å². The quantitative estimate of drug-likeness (QED) is 0.768. The molecule has 2 N–H and O–H groups in total. The first-order chi connectivity index (χ1) is 9.29. The fraction of sp³-hybridized carbons (Fsp3) is 0.929. The number of aliphatic hydroxyl groups excluding tert-OH is 1. The fourth-order valence-corrected chi connectivity index (χ4v) is 3.02. The number of carbonyl (C=O) groups is 1. The summed E-state index contributed by atoms with van der Waals surface area (Å²) < 4.78 is 0. The molecule has 0 aromatic carbocycles. The van der Waals surface area contributed by atoms with Crippen LogP contribution in [0, 0.1) is 5.92 Å². The number of amides is 1. The van der Waals surface area contributed by atoms with E-state index in [0.29, 0.717) is 12.3 Å². The number of hydrogen-bond donors (Lipinski definition) is 2. The van der Waals surface area contributed by atoms with Crippen LogP contribution in [0.2, 0.25) is 0 Å². The van der Waals surface area contributed by atoms with Crippen LogP contribution in [0.4, 0.5) is 0 Å². The zero-order valence-electron chi connectivity index (χ0n) is 12.2. The highest BCUT2D eigenvalue weighted by molar-refractivity contribution is 5.85. The number of halogens is 1. The van der Waals surface area contributed by atoms with Gasteiger partial charge < -0.3 is 15.3 Å². The van der Waals surface area contributed by atoms with Gasteiger partial charge >= 0.3 is 0 Å². The van der Waals surface area contributed by atoms with Gasteiger partial charge in [0.05, 0.1) is 6.61 Å². The summed E-state index contributed by atoms with van der Waals surface area (Å²) in [7, 11) is 0. The standard InChI is InChI=1S/C14H27N3O2.ClH/c18-12-11-16-7-9-17(10-8-16)14(19)2-1-13-3-5-15-6-4-13;/h13,15,18H,1-12H2;1H. The van der Waals surface area contributed by atoms with Crippen LogP contribution in [0.15, 0.2) is 0 Å². The number of β-amino-alcohol motifs (C(OH)–C–C–N with tert-alkyl or cyclic N) is 1. The van der Waals surface area contributed by atoms with Crippen LogP contribution in [-0.4, -0.2) is 73.2 Å². The maximum Gasteiger partial charge on any atom is 0.222 e. The van der Waals surface area contributed by atoms with E-state index in [9.17, 15) is 4.79 Å². The lowest BCUT2D eigenvalue weighted by Gasteiger charge is -2.34. The molecule has 2 saturated heterocycles. The van der Waals surface area contributed by atoms with Crippen LogP contribution >= 0.6 is 12.4 Å². The van der Waals surface area contributed by atoms with Gasteiger partial charge in [0.2, 0.25) is 5.91 Å². The Kier molecular flexibility index (Phi) is 8.45. The lowest BCUT2D eigenvalue weighted by molar-refractivity contribution is -0.133. The van der Waals surface area contributed by atoms with E-state index in [4.69, 9.17) is 5.11 Å². The van der Waals surface area contributed by atoms with E-state index in [0.717, 1.165) is 58.2 Å². The first-order valence-corrected chi connectivity index (χ1v) is 7.61. The molecule has 2 aliphatic heterocycles. The lowest BCUT2D eigenvalue weighted by atomic mass is 9.93. The van der Waals surface area contributed by atoms with Crippen molar-refractivity contribution >= 4 is 18.3 Å². The second-order valence-corrected chi connectivity index (χ2v) is 5.68. The molecule has 0 atom stereocenters. The van der Waals surface area contributed by atoms with Crippen molar-refractivity contribution in [3.05, 3.63) is 0 Å². The monoisotopic (exact) mass is 305 g/mol. The normalized spacial score (nSPS) is 21.6. The first kappa shape index (κ1) is 17.7. The molecule has 0 aromatic rings. The lowest BCUT2D eigenvalue weighted by Crippen LogP contribution is -2.49. The molecule has 0 radical (unpaired) electrons. The van der Waals surface area contributed by atoms with Gasteiger partial charge in [-0.15, -0.1) is 12.4 Å². The molecule has 2 heterocycles. The number of hydrogen-bond acceptors (Lipinski definition) is 4. The Hall–Kier alpha value is -0.360. The predicted molar refractivity (Wildman–Crippen MR) is 82.2 cm³/mol. The van der Waals surface area contributed by atoms with Gasteiger partial charge in [0.1, 0.15) is 0 Å². The molecule has 2 rings (SSSR count). The number of nitrogens with one attached hydrogen (secondary N) is 1. The molecule has 6 heteroatoms. The maximum atomic E-state index is 12.1. The van der Waals surface area contributed by atoms with Crippen molar-refractivity contribution in [2.45, 2.75) is 25.7 Å². The Labute approximate surface area is 128 Å². The summed E-state index contributed by atoms with van der Waals surface area (Å²) in [5.41, 5.74) is 0. The molecule has 0 saturated carbocycles. The van der Waals surface area contributed by atoms with Crippen molar-refractivity contribution in [2.75, 3.05) is 52.4 Å². The molecule has 1 amide bonds. The molecule has 20 heavy (non-hydrogen) atoms. The third kappa shape index (κ3) is 5.56. The molecule has 0 spiro atoms. The van der Waals surface area contributed by atoms with Crippen LogP contribution in [0.1, 0.15) is 25.7 Å². The summed E-state index contributed by atoms with van der Waals surface area (Å²) in [5.74, 6) is 1.06. The molecule has 0 bridgehead atoms. The first-order valence-electron chi connectivity index (χ1n) is 7.61. The van der Waals surface area contributed by atoms with E-state index in [1.165, 1.54) is 12.8 Å². The van der Waals surface area contributed by atoms with Crippen molar-refractivity contribution in [1.82, 2.24) is 15.1 Å². The minimum atomic E-state index is 0. The van der Waals surface area contributed by atoms with Crippen LogP contribution in [-0.2, 0) is 4.79 Å². The smallest absolute Gasteiger partial charge is 0.222 e. The topological polar surface area (TPSA) is 55.8 Å². The Balaban J connectivity index is 0.00000200. The Morgan fingerprint density at radius 1 is 1.15 bits per heavy atom. The number of piperazine rings is 1. The van der Waals surface area contributed by atoms with Gasteiger partial charge in [0, 0.05) is 39.1 Å². The van der Waals surface area contributed by atoms with Crippen LogP contribution in [0.25, 0.3) is 0 Å². The SMILES string of the molecule is Cl.O=C(CCC1CCNCC1)N1CCN(CCO)CC1. The van der Waals surface area contributed by atoms with Gasteiger partial charge in [-0.2, -0.15) is 0 Å². The van der Waals surface area contributed by atoms with Gasteiger partial charge in [0.25, 0.3) is 0 Å². The summed E-state index contributed by atoms with van der Waals surface area (Å²) >= 11 is 0. The van der Waals surface area contributed by atoms with E-state index >= 15 is 0 Å². The molecular weight excluding hydrogens is 278 g/mol. The average Bonchev–Trinajstić information content (AvgIpc) is 2.47. The van der Waals surface area contributed by atoms with E-state index < -0.39 is 0 Å². The third-order valence-electron chi connectivity index (χ3n) is 4.37. The number of nitrogens with zero attached hydrogens (tertiary/aromatic N) is 2. The highest BCUT2D eigenvalue weighted by Gasteiger charge is 2.21. The van der Waals surface area contributed by atoms with Gasteiger partial charge in [-0.25, -0.2) is 0 Å². The predicted octanol–water partition coefficient (Wildman–Crippen LogP) is 0.325. The van der Waals surface area contributed by atoms with Crippen LogP contribution in [0.5, 0.6) is 0 Å². The van der Waals surface area contributed by atoms with Crippen molar-refractivity contribution < 1.29 is 9.90 Å². The van der Waals surface area contributed by atoms with Gasteiger partial charge in [-0.3, -0.25) is 9.69 Å². The van der Waals surface area contributed by atoms with Crippen molar-refractivity contribution in [3.63, 3.8) is 0 Å². The highest BCUT2D eigenvalue weighted by Crippen LogP contribution is 2.18. The number of piperidine rings is 1. The molecule has 0 aromatic heterocycles. The Morgan fingerprint density at radius 2 is 1.80 bits per heavy atom. The molecule has 2 aliphatic rings. The molecule has 5 nitrogen and oxygen atoms in total. The van der Waals surface area contributed by atoms with Crippen LogP contribution < -0.4 is 5.32 Å². The molecule has 0 unspecified atom stereocenters. The molecule has 118 valence electrons. The average molecular weight is 306 g/mol. The summed E-state index contributed by atoms with van der Waals surface area (Å²) in [6, 6.07) is 0. The minimum absolute atomic E-state index is 0. The molecule has 2 fully saturated rings. The van der Waals surface area contributed by atoms with Crippen molar-refractivity contribution in [1.29, 1.82) is 0 Å². The minimum Gasteiger partial charge on any atom is -0.395 e. The summed E-state index contributed by atoms with van der Waals surface area (Å²) in [6.45, 7) is 6.62. The number of rotatable bonds is 5. The molecular formula is C14H28ClN3O2. The number of carbonyl (C=O) groups excluding carboxylic acids is 1. The largest absolute Gasteiger partial charge is 0.395 e. The second kappa shape index (κ2) is 9.55. The van der Waals surface area contributed by atoms with E-state index in [2.05, 4.69) is 10.2 Å². The summed E-state index contributed by atoms with van der Waals surface area (Å²) in [5, 5.41) is 12.3. The maximum absolute atomic E-state index is 12.1. The zero-order valence-corrected chi connectivity index (χ0v) is 13.0. The third-order valence-corrected chi connectivity index (χ3v) is 4.37. The van der Waals surface area contributed by atoms with Crippen LogP contribution in [0.3, 0.4) is 0 Å². The van der Waals surface area contributed by atoms with E-state index in [1.54, 1.807) is 0 Å². The number of aliphatic hydroxyl groups is 1. The van der Waals surface area contributed by atoms with E-state index in [-0.39, 0.29) is 19.0 Å². The summed E-state index contributed by atoms with van der Waals surface area (Å²) in [4.78, 5) is 16.4. The van der Waals surface area contributed by atoms with Crippen molar-refractivity contribution in [2.24, 2.45) is 5.92 Å².